The van der Waals surface area contributed by atoms with E-state index in [1.807, 2.05) is 0 Å². The molecule has 0 saturated heterocycles. The van der Waals surface area contributed by atoms with Crippen LogP contribution in [0.15, 0.2) is 33.2 Å². The smallest absolute Gasteiger partial charge is 0.263 e. The van der Waals surface area contributed by atoms with Crippen molar-refractivity contribution < 1.29 is 8.42 Å². The van der Waals surface area contributed by atoms with Crippen molar-refractivity contribution in [3.8, 4) is 0 Å². The molecule has 18 heavy (non-hydrogen) atoms. The second kappa shape index (κ2) is 4.87. The van der Waals surface area contributed by atoms with Gasteiger partial charge in [-0.15, -0.1) is 11.3 Å². The summed E-state index contributed by atoms with van der Waals surface area (Å²) in [7, 11) is -3.62. The summed E-state index contributed by atoms with van der Waals surface area (Å²) in [6, 6.07) is 3.09. The molecule has 5 nitrogen and oxygen atoms in total. The summed E-state index contributed by atoms with van der Waals surface area (Å²) in [6.07, 6.45) is 2.87. The van der Waals surface area contributed by atoms with Crippen molar-refractivity contribution >= 4 is 48.7 Å². The Bertz CT molecular complexity index is 682. The molecule has 2 rings (SSSR count). The van der Waals surface area contributed by atoms with Crippen LogP contribution in [0.1, 0.15) is 4.88 Å². The maximum absolute atomic E-state index is 12.2. The number of nitrogens with two attached hydrogens (primary N) is 1. The molecule has 2 aromatic heterocycles. The lowest BCUT2D eigenvalue weighted by Crippen LogP contribution is -2.14. The Kier molecular flexibility index (Phi) is 3.60. The zero-order chi connectivity index (χ0) is 13.3. The van der Waals surface area contributed by atoms with Crippen molar-refractivity contribution in [2.75, 3.05) is 10.5 Å². The average Bonchev–Trinajstić information content (AvgIpc) is 2.62. The number of aromatic nitrogens is 1. The molecule has 2 heterocycles. The van der Waals surface area contributed by atoms with E-state index in [0.717, 1.165) is 3.79 Å². The van der Waals surface area contributed by atoms with Gasteiger partial charge in [0.1, 0.15) is 4.90 Å². The van der Waals surface area contributed by atoms with Crippen LogP contribution in [0.4, 0.5) is 11.4 Å². The minimum atomic E-state index is -3.62. The van der Waals surface area contributed by atoms with Crippen LogP contribution in [-0.2, 0) is 10.0 Å². The van der Waals surface area contributed by atoms with Crippen LogP contribution in [0, 0.1) is 6.92 Å². The molecule has 8 heteroatoms. The molecule has 0 aromatic carbocycles. The van der Waals surface area contributed by atoms with E-state index in [2.05, 4.69) is 25.6 Å². The number of nitrogens with zero attached hydrogens (tertiary/aromatic N) is 1. The first kappa shape index (κ1) is 13.3. The maximum atomic E-state index is 12.2. The Balaban J connectivity index is 2.40. The summed E-state index contributed by atoms with van der Waals surface area (Å²) in [4.78, 5) is 4.76. The van der Waals surface area contributed by atoms with Gasteiger partial charge < -0.3 is 5.73 Å². The van der Waals surface area contributed by atoms with Crippen LogP contribution in [0.5, 0.6) is 0 Å². The third kappa shape index (κ3) is 2.65. The fraction of sp³-hybridized carbons (Fsp3) is 0.100. The zero-order valence-corrected chi connectivity index (χ0v) is 12.6. The molecule has 0 fully saturated rings. The van der Waals surface area contributed by atoms with Crippen LogP contribution in [0.3, 0.4) is 0 Å². The highest BCUT2D eigenvalue weighted by molar-refractivity contribution is 9.11. The van der Waals surface area contributed by atoms with E-state index in [1.165, 1.54) is 29.8 Å². The van der Waals surface area contributed by atoms with Crippen LogP contribution in [0.25, 0.3) is 0 Å². The second-order valence-corrected chi connectivity index (χ2v) is 7.83. The van der Waals surface area contributed by atoms with Crippen molar-refractivity contribution in [1.29, 1.82) is 0 Å². The molecule has 0 unspecified atom stereocenters. The predicted molar refractivity (Wildman–Crippen MR) is 76.2 cm³/mol. The Morgan fingerprint density at radius 1 is 1.50 bits per heavy atom. The topological polar surface area (TPSA) is 85.1 Å². The highest BCUT2D eigenvalue weighted by Gasteiger charge is 2.20. The first-order chi connectivity index (χ1) is 8.40. The van der Waals surface area contributed by atoms with Crippen LogP contribution in [0.2, 0.25) is 0 Å². The summed E-state index contributed by atoms with van der Waals surface area (Å²) >= 11 is 4.63. The predicted octanol–water partition coefficient (Wildman–Crippen LogP) is 2.60. The number of aryl methyl sites for hydroxylation is 1. The summed E-state index contributed by atoms with van der Waals surface area (Å²) in [5.74, 6) is 0. The molecule has 0 saturated carbocycles. The number of nitrogens with one attached hydrogen (secondary N) is 1. The van der Waals surface area contributed by atoms with E-state index in [9.17, 15) is 8.42 Å². The third-order valence-electron chi connectivity index (χ3n) is 2.23. The van der Waals surface area contributed by atoms with Gasteiger partial charge in [0, 0.05) is 11.1 Å². The van der Waals surface area contributed by atoms with Crippen molar-refractivity contribution in [2.45, 2.75) is 11.8 Å². The molecule has 0 atom stereocenters. The van der Waals surface area contributed by atoms with Crippen LogP contribution in [-0.4, -0.2) is 13.4 Å². The van der Waals surface area contributed by atoms with Gasteiger partial charge >= 0.3 is 0 Å². The molecule has 3 N–H and O–H groups in total. The van der Waals surface area contributed by atoms with Gasteiger partial charge in [-0.2, -0.15) is 0 Å². The minimum Gasteiger partial charge on any atom is -0.396 e. The molecule has 0 amide bonds. The van der Waals surface area contributed by atoms with Gasteiger partial charge in [-0.3, -0.25) is 9.71 Å². The first-order valence-corrected chi connectivity index (χ1v) is 7.97. The van der Waals surface area contributed by atoms with Gasteiger partial charge in [-0.25, -0.2) is 8.42 Å². The highest BCUT2D eigenvalue weighted by Crippen LogP contribution is 2.31. The number of hydrogen-bond acceptors (Lipinski definition) is 5. The van der Waals surface area contributed by atoms with Crippen molar-refractivity contribution in [1.82, 2.24) is 4.98 Å². The third-order valence-corrected chi connectivity index (χ3v) is 5.40. The number of sulfonamides is 1. The molecule has 0 aliphatic heterocycles. The fourth-order valence-electron chi connectivity index (χ4n) is 1.40. The molecule has 0 bridgehead atoms. The molecule has 0 aliphatic rings. The molecular formula is C10H10BrN3O2S2. The summed E-state index contributed by atoms with van der Waals surface area (Å²) in [5, 5.41) is 0. The van der Waals surface area contributed by atoms with Crippen LogP contribution >= 0.6 is 27.3 Å². The van der Waals surface area contributed by atoms with Gasteiger partial charge in [0.25, 0.3) is 10.0 Å². The lowest BCUT2D eigenvalue weighted by atomic mass is 10.4. The van der Waals surface area contributed by atoms with Crippen LogP contribution < -0.4 is 10.5 Å². The SMILES string of the molecule is Cc1sc(Br)cc1S(=O)(=O)Nc1ccncc1N. The molecule has 0 aliphatic carbocycles. The summed E-state index contributed by atoms with van der Waals surface area (Å²) in [6.45, 7) is 1.75. The monoisotopic (exact) mass is 347 g/mol. The van der Waals surface area contributed by atoms with Gasteiger partial charge in [0.2, 0.25) is 0 Å². The van der Waals surface area contributed by atoms with Gasteiger partial charge in [-0.1, -0.05) is 0 Å². The maximum Gasteiger partial charge on any atom is 0.263 e. The number of thiophene rings is 1. The first-order valence-electron chi connectivity index (χ1n) is 4.88. The number of nitrogen functional groups attached to an aromatic ring is 1. The van der Waals surface area contributed by atoms with E-state index >= 15 is 0 Å². The lowest BCUT2D eigenvalue weighted by Gasteiger charge is -2.09. The van der Waals surface area contributed by atoms with E-state index in [4.69, 9.17) is 5.73 Å². The lowest BCUT2D eigenvalue weighted by molar-refractivity contribution is 0.601. The molecule has 0 spiro atoms. The largest absolute Gasteiger partial charge is 0.396 e. The van der Waals surface area contributed by atoms with Crippen molar-refractivity contribution in [3.05, 3.63) is 33.2 Å². The fourth-order valence-corrected chi connectivity index (χ4v) is 4.90. The molecule has 96 valence electrons. The zero-order valence-electron chi connectivity index (χ0n) is 9.34. The quantitative estimate of drug-likeness (QED) is 0.893. The molecule has 0 radical (unpaired) electrons. The summed E-state index contributed by atoms with van der Waals surface area (Å²) < 4.78 is 27.6. The van der Waals surface area contributed by atoms with Gasteiger partial charge in [0.05, 0.1) is 21.4 Å². The average molecular weight is 348 g/mol. The number of pyridine rings is 1. The number of anilines is 2. The van der Waals surface area contributed by atoms with E-state index in [0.29, 0.717) is 10.6 Å². The second-order valence-electron chi connectivity index (χ2n) is 3.54. The molecule has 2 aromatic rings. The van der Waals surface area contributed by atoms with Crippen molar-refractivity contribution in [2.24, 2.45) is 0 Å². The number of rotatable bonds is 3. The Hall–Kier alpha value is -1.12. The van der Waals surface area contributed by atoms with E-state index < -0.39 is 10.0 Å². The van der Waals surface area contributed by atoms with Gasteiger partial charge in [-0.05, 0) is 35.0 Å². The standard InChI is InChI=1S/C10H10BrN3O2S2/c1-6-9(4-10(11)17-6)18(15,16)14-8-2-3-13-5-7(8)12/h2-5H,12H2,1H3,(H,13,14). The van der Waals surface area contributed by atoms with Crippen molar-refractivity contribution in [3.63, 3.8) is 0 Å². The van der Waals surface area contributed by atoms with E-state index in [-0.39, 0.29) is 10.6 Å². The highest BCUT2D eigenvalue weighted by atomic mass is 79.9. The van der Waals surface area contributed by atoms with Gasteiger partial charge in [0.15, 0.2) is 0 Å². The minimum absolute atomic E-state index is 0.246. The normalized spacial score (nSPS) is 11.4. The number of halogens is 1. The molecular weight excluding hydrogens is 338 g/mol. The summed E-state index contributed by atoms with van der Waals surface area (Å²) in [5.41, 5.74) is 6.26. The Morgan fingerprint density at radius 2 is 2.22 bits per heavy atom. The number of hydrogen-bond donors (Lipinski definition) is 2. The van der Waals surface area contributed by atoms with E-state index in [1.54, 1.807) is 13.0 Å². The Morgan fingerprint density at radius 3 is 2.78 bits per heavy atom. The Labute approximate surface area is 117 Å².